The van der Waals surface area contributed by atoms with Crippen LogP contribution in [0.25, 0.3) is 31.8 Å². The van der Waals surface area contributed by atoms with Gasteiger partial charge in [-0.15, -0.1) is 11.3 Å². The number of anilines is 2. The number of rotatable bonds is 10. The van der Waals surface area contributed by atoms with Gasteiger partial charge < -0.3 is 26.4 Å². The van der Waals surface area contributed by atoms with Gasteiger partial charge in [0.1, 0.15) is 12.4 Å². The number of thiazole rings is 1. The van der Waals surface area contributed by atoms with Crippen LogP contribution in [0.2, 0.25) is 0 Å². The van der Waals surface area contributed by atoms with E-state index in [1.54, 1.807) is 28.7 Å². The third-order valence-corrected chi connectivity index (χ3v) is 8.00. The molecule has 0 fully saturated rings. The van der Waals surface area contributed by atoms with Crippen LogP contribution in [0.15, 0.2) is 72.1 Å². The number of thiophene rings is 1. The molecule has 0 bridgehead atoms. The topological polar surface area (TPSA) is 106 Å². The molecule has 2 aromatic heterocycles. The maximum Gasteiger partial charge on any atom is 0.249 e. The fraction of sp³-hybridized carbons (Fsp3) is 0.172. The summed E-state index contributed by atoms with van der Waals surface area (Å²) in [5, 5.41) is 6.26. The van der Waals surface area contributed by atoms with Crippen LogP contribution in [-0.4, -0.2) is 43.0 Å². The van der Waals surface area contributed by atoms with E-state index < -0.39 is 5.91 Å². The molecule has 0 aliphatic rings. The molecule has 0 unspecified atom stereocenters. The lowest BCUT2D eigenvalue weighted by Gasteiger charge is -2.14. The molecule has 194 valence electrons. The van der Waals surface area contributed by atoms with E-state index in [4.69, 9.17) is 21.2 Å². The van der Waals surface area contributed by atoms with Crippen LogP contribution in [-0.2, 0) is 6.54 Å². The highest BCUT2D eigenvalue weighted by Crippen LogP contribution is 2.36. The molecule has 0 saturated carbocycles. The van der Waals surface area contributed by atoms with Crippen LogP contribution in [0.4, 0.5) is 10.8 Å². The van der Waals surface area contributed by atoms with Gasteiger partial charge in [-0.05, 0) is 84.7 Å². The van der Waals surface area contributed by atoms with Gasteiger partial charge in [0.2, 0.25) is 5.91 Å². The minimum absolute atomic E-state index is 0.436. The van der Waals surface area contributed by atoms with Crippen LogP contribution in [0, 0.1) is 0 Å². The van der Waals surface area contributed by atoms with Crippen LogP contribution in [0.1, 0.15) is 15.9 Å². The Balaban J connectivity index is 1.37. The molecule has 0 saturated heterocycles. The first kappa shape index (κ1) is 25.7. The van der Waals surface area contributed by atoms with Crippen LogP contribution in [0.5, 0.6) is 5.75 Å². The standard InChI is InChI=1S/C29H29N5O2S2/c1-34(2)11-12-36-20-7-10-25-27(16-20)38-29(33-25)32-17-18-5-8-21(28(31)35)22(14-18)23-15-19(6-9-24(23)30)26-4-3-13-37-26/h3-10,13-16H,11-12,17,30H2,1-2H3,(H2,31,35)(H,32,33). The highest BCUT2D eigenvalue weighted by atomic mass is 32.1. The van der Waals surface area contributed by atoms with Crippen LogP contribution in [0.3, 0.4) is 0 Å². The first-order valence-corrected chi connectivity index (χ1v) is 13.9. The van der Waals surface area contributed by atoms with Crippen molar-refractivity contribution in [1.82, 2.24) is 9.88 Å². The number of hydrogen-bond acceptors (Lipinski definition) is 8. The lowest BCUT2D eigenvalue weighted by atomic mass is 9.94. The van der Waals surface area contributed by atoms with Crippen molar-refractivity contribution in [1.29, 1.82) is 0 Å². The summed E-state index contributed by atoms with van der Waals surface area (Å²) in [6.07, 6.45) is 0. The summed E-state index contributed by atoms with van der Waals surface area (Å²) >= 11 is 3.23. The molecular weight excluding hydrogens is 514 g/mol. The molecule has 0 atom stereocenters. The van der Waals surface area contributed by atoms with E-state index in [-0.39, 0.29) is 0 Å². The molecular formula is C29H29N5O2S2. The Kier molecular flexibility index (Phi) is 7.59. The van der Waals surface area contributed by atoms with Gasteiger partial charge in [-0.1, -0.05) is 29.5 Å². The van der Waals surface area contributed by atoms with E-state index in [1.165, 1.54) is 0 Å². The third-order valence-electron chi connectivity index (χ3n) is 6.11. The third kappa shape index (κ3) is 5.80. The number of nitrogens with two attached hydrogens (primary N) is 2. The number of hydrogen-bond donors (Lipinski definition) is 3. The highest BCUT2D eigenvalue weighted by molar-refractivity contribution is 7.22. The number of ether oxygens (including phenoxy) is 1. The number of carbonyl (C=O) groups excluding carboxylic acids is 1. The molecule has 7 nitrogen and oxygen atoms in total. The number of amides is 1. The van der Waals surface area contributed by atoms with Gasteiger partial charge in [0, 0.05) is 34.8 Å². The fourth-order valence-corrected chi connectivity index (χ4v) is 5.73. The number of nitrogen functional groups attached to an aromatic ring is 1. The molecule has 0 aliphatic carbocycles. The summed E-state index contributed by atoms with van der Waals surface area (Å²) in [6, 6.07) is 21.6. The SMILES string of the molecule is CN(C)CCOc1ccc2nc(NCc3ccc(C(N)=O)c(-c4cc(-c5cccs5)ccc4N)c3)sc2c1. The number of fused-ring (bicyclic) bond motifs is 1. The Morgan fingerprint density at radius 2 is 1.92 bits per heavy atom. The molecule has 0 aliphatic heterocycles. The van der Waals surface area contributed by atoms with Crippen LogP contribution < -0.4 is 21.5 Å². The Bertz CT molecular complexity index is 1580. The average molecular weight is 544 g/mol. The van der Waals surface area contributed by atoms with Crippen molar-refractivity contribution in [2.24, 2.45) is 5.73 Å². The van der Waals surface area contributed by atoms with Crippen molar-refractivity contribution in [2.75, 3.05) is 38.3 Å². The van der Waals surface area contributed by atoms with Gasteiger partial charge >= 0.3 is 0 Å². The largest absolute Gasteiger partial charge is 0.492 e. The minimum Gasteiger partial charge on any atom is -0.492 e. The van der Waals surface area contributed by atoms with Crippen LogP contribution >= 0.6 is 22.7 Å². The summed E-state index contributed by atoms with van der Waals surface area (Å²) in [5.41, 5.74) is 17.6. The molecule has 3 aromatic carbocycles. The number of aromatic nitrogens is 1. The van der Waals surface area contributed by atoms with Gasteiger partial charge in [-0.2, -0.15) is 0 Å². The van der Waals surface area contributed by atoms with Crippen molar-refractivity contribution in [3.05, 3.63) is 83.2 Å². The van der Waals surface area contributed by atoms with Gasteiger partial charge in [-0.25, -0.2) is 4.98 Å². The molecule has 1 amide bonds. The van der Waals surface area contributed by atoms with E-state index in [1.807, 2.05) is 74.1 Å². The number of primary amides is 1. The van der Waals surface area contributed by atoms with Crippen molar-refractivity contribution in [3.63, 3.8) is 0 Å². The molecule has 5 rings (SSSR count). The van der Waals surface area contributed by atoms with Crippen molar-refractivity contribution in [2.45, 2.75) is 6.54 Å². The number of benzene rings is 3. The normalized spacial score (nSPS) is 11.2. The van der Waals surface area contributed by atoms with Gasteiger partial charge in [0.15, 0.2) is 5.13 Å². The van der Waals surface area contributed by atoms with E-state index >= 15 is 0 Å². The number of nitrogens with zero attached hydrogens (tertiary/aromatic N) is 2. The lowest BCUT2D eigenvalue weighted by Crippen LogP contribution is -2.19. The molecule has 2 heterocycles. The second-order valence-electron chi connectivity index (χ2n) is 9.18. The zero-order chi connectivity index (χ0) is 26.6. The maximum absolute atomic E-state index is 12.3. The predicted octanol–water partition coefficient (Wildman–Crippen LogP) is 5.93. The molecule has 5 aromatic rings. The maximum atomic E-state index is 12.3. The Hall–Kier alpha value is -3.92. The highest BCUT2D eigenvalue weighted by Gasteiger charge is 2.15. The van der Waals surface area contributed by atoms with Crippen molar-refractivity contribution in [3.8, 4) is 27.3 Å². The number of carbonyl (C=O) groups is 1. The lowest BCUT2D eigenvalue weighted by molar-refractivity contribution is 0.100. The van der Waals surface area contributed by atoms with Gasteiger partial charge in [0.05, 0.1) is 10.2 Å². The molecule has 9 heteroatoms. The summed E-state index contributed by atoms with van der Waals surface area (Å²) in [7, 11) is 4.05. The molecule has 38 heavy (non-hydrogen) atoms. The first-order valence-electron chi connectivity index (χ1n) is 12.2. The quantitative estimate of drug-likeness (QED) is 0.189. The minimum atomic E-state index is -0.491. The zero-order valence-corrected chi connectivity index (χ0v) is 22.9. The van der Waals surface area contributed by atoms with Crippen molar-refractivity contribution < 1.29 is 9.53 Å². The second kappa shape index (κ2) is 11.2. The number of likely N-dealkylation sites (N-methyl/N-ethyl adjacent to an activating group) is 1. The second-order valence-corrected chi connectivity index (χ2v) is 11.2. The smallest absolute Gasteiger partial charge is 0.249 e. The average Bonchev–Trinajstić information content (AvgIpc) is 3.57. The van der Waals surface area contributed by atoms with E-state index in [0.717, 1.165) is 54.8 Å². The monoisotopic (exact) mass is 543 g/mol. The summed E-state index contributed by atoms with van der Waals surface area (Å²) in [6.45, 7) is 2.02. The van der Waals surface area contributed by atoms with E-state index in [0.29, 0.717) is 24.4 Å². The Morgan fingerprint density at radius 3 is 2.68 bits per heavy atom. The zero-order valence-electron chi connectivity index (χ0n) is 21.2. The van der Waals surface area contributed by atoms with E-state index in [2.05, 4.69) is 16.3 Å². The predicted molar refractivity (Wildman–Crippen MR) is 159 cm³/mol. The Morgan fingerprint density at radius 1 is 1.05 bits per heavy atom. The number of nitrogens with one attached hydrogen (secondary N) is 1. The van der Waals surface area contributed by atoms with Crippen molar-refractivity contribution >= 4 is 49.6 Å². The summed E-state index contributed by atoms with van der Waals surface area (Å²) < 4.78 is 6.91. The molecule has 5 N–H and O–H groups in total. The molecule has 0 radical (unpaired) electrons. The van der Waals surface area contributed by atoms with E-state index in [9.17, 15) is 4.79 Å². The fourth-order valence-electron chi connectivity index (χ4n) is 4.12. The van der Waals surface area contributed by atoms with Gasteiger partial charge in [0.25, 0.3) is 0 Å². The summed E-state index contributed by atoms with van der Waals surface area (Å²) in [5.74, 6) is 0.346. The van der Waals surface area contributed by atoms with Gasteiger partial charge in [-0.3, -0.25) is 4.79 Å². The first-order chi connectivity index (χ1) is 18.4. The molecule has 0 spiro atoms. The Labute approximate surface area is 229 Å². The summed E-state index contributed by atoms with van der Waals surface area (Å²) in [4.78, 5) is 20.2.